The molecule has 0 heterocycles. The Labute approximate surface area is 99.7 Å². The van der Waals surface area contributed by atoms with Crippen LogP contribution in [0.25, 0.3) is 0 Å². The summed E-state index contributed by atoms with van der Waals surface area (Å²) in [6, 6.07) is 0.325. The number of hydrogen-bond donors (Lipinski definition) is 1. The number of unbranched alkanes of at least 4 members (excludes halogenated alkanes) is 1. The van der Waals surface area contributed by atoms with Gasteiger partial charge in [0.05, 0.1) is 0 Å². The zero-order valence-electron chi connectivity index (χ0n) is 10.7. The fraction of sp³-hybridized carbons (Fsp3) is 1.00. The molecule has 0 aliphatic rings. The number of rotatable bonds is 9. The zero-order valence-corrected chi connectivity index (χ0v) is 13.6. The van der Waals surface area contributed by atoms with E-state index in [4.69, 9.17) is 11.9 Å². The van der Waals surface area contributed by atoms with Gasteiger partial charge in [-0.15, -0.1) is 0 Å². The molecule has 0 fully saturated rings. The predicted molar refractivity (Wildman–Crippen MR) is 67.2 cm³/mol. The van der Waals surface area contributed by atoms with Crippen LogP contribution >= 0.6 is 0 Å². The van der Waals surface area contributed by atoms with Crippen molar-refractivity contribution in [3.05, 3.63) is 0 Å². The normalized spacial score (nSPS) is 14.2. The zero-order chi connectivity index (χ0) is 11.7. The molecule has 1 unspecified atom stereocenters. The van der Waals surface area contributed by atoms with Gasteiger partial charge >= 0.3 is 99.8 Å². The van der Waals surface area contributed by atoms with Crippen molar-refractivity contribution < 1.29 is 6.15 Å². The molecule has 1 atom stereocenters. The summed E-state index contributed by atoms with van der Waals surface area (Å²) in [5.41, 5.74) is 5.71. The van der Waals surface area contributed by atoms with E-state index >= 15 is 0 Å². The summed E-state index contributed by atoms with van der Waals surface area (Å²) in [6.45, 7) is 7.75. The first-order valence-electron chi connectivity index (χ1n) is 6.07. The van der Waals surface area contributed by atoms with Crippen LogP contribution < -0.4 is 5.73 Å². The summed E-state index contributed by atoms with van der Waals surface area (Å²) in [6.07, 6.45) is 3.51. The van der Waals surface area contributed by atoms with E-state index in [-0.39, 0.29) is 0 Å². The standard InChI is InChI=1S/C6H14N.2C2H5O.CH3.Sn/c1-3-4-5-6(2)7;2*1-2-3;;/h6H,1,3-5,7H2,2H3;2*2H2,1H3;1H3;/q;2*-1;;+2. The molecule has 0 spiro atoms. The van der Waals surface area contributed by atoms with Crippen molar-refractivity contribution in [3.8, 4) is 0 Å². The van der Waals surface area contributed by atoms with Gasteiger partial charge in [-0.2, -0.15) is 0 Å². The summed E-state index contributed by atoms with van der Waals surface area (Å²) in [7, 11) is 0. The second-order valence-corrected chi connectivity index (χ2v) is 13.8. The molecule has 0 bridgehead atoms. The van der Waals surface area contributed by atoms with Crippen LogP contribution in [0.15, 0.2) is 0 Å². The van der Waals surface area contributed by atoms with Gasteiger partial charge in [0.2, 0.25) is 0 Å². The monoisotopic (exact) mass is 325 g/mol. The SMILES string of the molecule is CC[O][Sn]([CH3])([CH2]CCCC(C)N)[O]CC. The minimum atomic E-state index is -2.61. The summed E-state index contributed by atoms with van der Waals surface area (Å²) >= 11 is -2.61. The molecule has 92 valence electrons. The first kappa shape index (κ1) is 15.7. The number of hydrogen-bond acceptors (Lipinski definition) is 3. The maximum atomic E-state index is 5.83. The van der Waals surface area contributed by atoms with E-state index in [0.717, 1.165) is 24.1 Å². The van der Waals surface area contributed by atoms with Gasteiger partial charge in [-0.05, 0) is 0 Å². The van der Waals surface area contributed by atoms with Gasteiger partial charge < -0.3 is 0 Å². The minimum absolute atomic E-state index is 0.325. The predicted octanol–water partition coefficient (Wildman–Crippen LogP) is 2.65. The van der Waals surface area contributed by atoms with Crippen LogP contribution in [-0.2, 0) is 6.15 Å². The van der Waals surface area contributed by atoms with Gasteiger partial charge in [0.15, 0.2) is 0 Å². The molecule has 0 aromatic heterocycles. The fourth-order valence-electron chi connectivity index (χ4n) is 1.71. The van der Waals surface area contributed by atoms with E-state index in [9.17, 15) is 0 Å². The van der Waals surface area contributed by atoms with Crippen molar-refractivity contribution in [2.24, 2.45) is 5.73 Å². The van der Waals surface area contributed by atoms with Crippen molar-refractivity contribution in [1.82, 2.24) is 0 Å². The van der Waals surface area contributed by atoms with Crippen LogP contribution in [0.5, 0.6) is 0 Å². The molecule has 2 N–H and O–H groups in total. The molecular weight excluding hydrogens is 297 g/mol. The molecule has 0 aromatic carbocycles. The van der Waals surface area contributed by atoms with Crippen molar-refractivity contribution in [2.75, 3.05) is 13.2 Å². The van der Waals surface area contributed by atoms with E-state index in [0.29, 0.717) is 6.04 Å². The Morgan fingerprint density at radius 1 is 1.13 bits per heavy atom. The second-order valence-electron chi connectivity index (χ2n) is 4.22. The van der Waals surface area contributed by atoms with Crippen LogP contribution in [0, 0.1) is 0 Å². The van der Waals surface area contributed by atoms with Crippen LogP contribution in [-0.4, -0.2) is 38.5 Å². The number of nitrogens with two attached hydrogens (primary N) is 1. The van der Waals surface area contributed by atoms with E-state index < -0.39 is 19.2 Å². The summed E-state index contributed by atoms with van der Waals surface area (Å²) in [5.74, 6) is 0. The average molecular weight is 324 g/mol. The molecular formula is C11H27NO2Sn. The first-order valence-corrected chi connectivity index (χ1v) is 13.3. The molecule has 0 saturated carbocycles. The van der Waals surface area contributed by atoms with E-state index in [1.807, 2.05) is 0 Å². The quantitative estimate of drug-likeness (QED) is 0.524. The van der Waals surface area contributed by atoms with Crippen LogP contribution in [0.3, 0.4) is 0 Å². The molecule has 0 aliphatic heterocycles. The Morgan fingerprint density at radius 3 is 2.07 bits per heavy atom. The molecule has 0 rings (SSSR count). The van der Waals surface area contributed by atoms with Crippen LogP contribution in [0.4, 0.5) is 0 Å². The molecule has 0 amide bonds. The van der Waals surface area contributed by atoms with Crippen molar-refractivity contribution in [3.63, 3.8) is 0 Å². The van der Waals surface area contributed by atoms with Crippen molar-refractivity contribution in [1.29, 1.82) is 0 Å². The summed E-state index contributed by atoms with van der Waals surface area (Å²) in [5, 5.41) is 0. The molecule has 3 nitrogen and oxygen atoms in total. The fourth-order valence-corrected chi connectivity index (χ4v) is 8.80. The van der Waals surface area contributed by atoms with Gasteiger partial charge in [-0.3, -0.25) is 0 Å². The van der Waals surface area contributed by atoms with E-state index in [1.54, 1.807) is 0 Å². The van der Waals surface area contributed by atoms with Crippen molar-refractivity contribution in [2.45, 2.75) is 55.5 Å². The Hall–Kier alpha value is 0.679. The third-order valence-corrected chi connectivity index (χ3v) is 11.2. The topological polar surface area (TPSA) is 44.5 Å². The average Bonchev–Trinajstić information content (AvgIpc) is 2.13. The third-order valence-electron chi connectivity index (χ3n) is 2.44. The van der Waals surface area contributed by atoms with Gasteiger partial charge in [-0.1, -0.05) is 0 Å². The van der Waals surface area contributed by atoms with Gasteiger partial charge in [0.25, 0.3) is 0 Å². The molecule has 4 heteroatoms. The summed E-state index contributed by atoms with van der Waals surface area (Å²) < 4.78 is 12.8. The van der Waals surface area contributed by atoms with Gasteiger partial charge in [0, 0.05) is 0 Å². The van der Waals surface area contributed by atoms with E-state index in [2.05, 4.69) is 25.7 Å². The Balaban J connectivity index is 3.75. The Kier molecular flexibility index (Phi) is 9.19. The van der Waals surface area contributed by atoms with Crippen LogP contribution in [0.1, 0.15) is 40.0 Å². The molecule has 15 heavy (non-hydrogen) atoms. The summed E-state index contributed by atoms with van der Waals surface area (Å²) in [4.78, 5) is 2.23. The second kappa shape index (κ2) is 8.79. The molecule has 0 saturated heterocycles. The Morgan fingerprint density at radius 2 is 1.67 bits per heavy atom. The molecule has 0 radical (unpaired) electrons. The Bertz CT molecular complexity index is 148. The molecule has 0 aliphatic carbocycles. The first-order chi connectivity index (χ1) is 7.04. The maximum absolute atomic E-state index is 5.83. The van der Waals surface area contributed by atoms with Gasteiger partial charge in [0.1, 0.15) is 0 Å². The van der Waals surface area contributed by atoms with Gasteiger partial charge in [-0.25, -0.2) is 0 Å². The van der Waals surface area contributed by atoms with Crippen molar-refractivity contribution >= 4 is 19.2 Å². The third kappa shape index (κ3) is 8.48. The molecule has 0 aromatic rings. The van der Waals surface area contributed by atoms with Crippen LogP contribution in [0.2, 0.25) is 9.38 Å². The van der Waals surface area contributed by atoms with E-state index in [1.165, 1.54) is 12.8 Å².